The highest BCUT2D eigenvalue weighted by Crippen LogP contribution is 2.27. The molecule has 2 saturated heterocycles. The molecule has 4 rings (SSSR count). The Morgan fingerprint density at radius 2 is 1.62 bits per heavy atom. The van der Waals surface area contributed by atoms with Crippen molar-refractivity contribution in [3.05, 3.63) is 52.6 Å². The number of aromatic nitrogens is 2. The lowest BCUT2D eigenvalue weighted by atomic mass is 9.99. The van der Waals surface area contributed by atoms with Crippen molar-refractivity contribution in [3.63, 3.8) is 0 Å². The normalized spacial score (nSPS) is 17.3. The number of hydrogen-bond donors (Lipinski definition) is 3. The average Bonchev–Trinajstić information content (AvgIpc) is 2.94. The van der Waals surface area contributed by atoms with Crippen LogP contribution >= 0.6 is 12.4 Å². The van der Waals surface area contributed by atoms with E-state index in [4.69, 9.17) is 16.2 Å². The summed E-state index contributed by atoms with van der Waals surface area (Å²) in [5.74, 6) is -0.352. The van der Waals surface area contributed by atoms with Crippen LogP contribution in [-0.4, -0.2) is 99.6 Å². The Hall–Kier alpha value is -3.52. The van der Waals surface area contributed by atoms with Gasteiger partial charge < -0.3 is 26.0 Å². The summed E-state index contributed by atoms with van der Waals surface area (Å²) >= 11 is 0. The molecule has 230 valence electrons. The minimum absolute atomic E-state index is 0. The van der Waals surface area contributed by atoms with Crippen LogP contribution in [0.25, 0.3) is 5.69 Å². The fourth-order valence-corrected chi connectivity index (χ4v) is 5.09. The first kappa shape index (κ1) is 33.0. The highest BCUT2D eigenvalue weighted by molar-refractivity contribution is 5.89. The standard InChI is InChI=1S/C28H40N8O5.ClH/c1-4-41-24(37)23(33-12-9-20(29)10-13-33)19-5-7-21(8-6-19)36-14-11-22(32-27(36)40)31-26(39)35-17-15-34(16-18-35)25(38)28(2,3)30;/h5-8,11,14,20,23H,4,9-10,12-13,15-18,29-30H2,1-3H3,(H,31,32,39,40);1H. The molecule has 2 aliphatic heterocycles. The molecule has 0 aliphatic carbocycles. The van der Waals surface area contributed by atoms with Crippen LogP contribution < -0.4 is 22.5 Å². The van der Waals surface area contributed by atoms with Gasteiger partial charge in [-0.15, -0.1) is 12.4 Å². The molecule has 0 radical (unpaired) electrons. The van der Waals surface area contributed by atoms with Crippen molar-refractivity contribution in [2.45, 2.75) is 51.2 Å². The summed E-state index contributed by atoms with van der Waals surface area (Å²) < 4.78 is 6.71. The van der Waals surface area contributed by atoms with E-state index < -0.39 is 23.3 Å². The Morgan fingerprint density at radius 1 is 1.02 bits per heavy atom. The second kappa shape index (κ2) is 14.1. The number of nitrogens with two attached hydrogens (primary N) is 2. The largest absolute Gasteiger partial charge is 0.465 e. The summed E-state index contributed by atoms with van der Waals surface area (Å²) in [6, 6.07) is 7.85. The van der Waals surface area contributed by atoms with E-state index in [1.165, 1.54) is 10.8 Å². The average molecular weight is 605 g/mol. The number of amides is 3. The van der Waals surface area contributed by atoms with E-state index in [-0.39, 0.29) is 42.8 Å². The molecule has 5 N–H and O–H groups in total. The summed E-state index contributed by atoms with van der Waals surface area (Å²) in [5, 5.41) is 2.66. The molecular weight excluding hydrogens is 564 g/mol. The minimum Gasteiger partial charge on any atom is -0.465 e. The maximum absolute atomic E-state index is 12.8. The molecular formula is C28H41ClN8O5. The number of nitrogens with one attached hydrogen (secondary N) is 1. The lowest BCUT2D eigenvalue weighted by Crippen LogP contribution is -2.58. The number of nitrogens with zero attached hydrogens (tertiary/aromatic N) is 5. The predicted molar refractivity (Wildman–Crippen MR) is 161 cm³/mol. The number of carbonyl (C=O) groups excluding carboxylic acids is 3. The zero-order chi connectivity index (χ0) is 29.7. The van der Waals surface area contributed by atoms with E-state index in [2.05, 4.69) is 15.2 Å². The number of hydrogen-bond acceptors (Lipinski definition) is 9. The van der Waals surface area contributed by atoms with E-state index >= 15 is 0 Å². The first-order valence-electron chi connectivity index (χ1n) is 14.0. The zero-order valence-corrected chi connectivity index (χ0v) is 25.1. The molecule has 14 heteroatoms. The van der Waals surface area contributed by atoms with Crippen LogP contribution in [-0.2, 0) is 14.3 Å². The molecule has 42 heavy (non-hydrogen) atoms. The number of carbonyl (C=O) groups is 3. The van der Waals surface area contributed by atoms with Crippen LogP contribution in [0.2, 0.25) is 0 Å². The molecule has 0 bridgehead atoms. The fourth-order valence-electron chi connectivity index (χ4n) is 5.09. The molecule has 1 atom stereocenters. The predicted octanol–water partition coefficient (Wildman–Crippen LogP) is 1.10. The van der Waals surface area contributed by atoms with Crippen molar-refractivity contribution < 1.29 is 19.1 Å². The molecule has 2 aromatic rings. The quantitative estimate of drug-likeness (QED) is 0.392. The van der Waals surface area contributed by atoms with E-state index in [0.717, 1.165) is 18.4 Å². The Morgan fingerprint density at radius 3 is 2.17 bits per heavy atom. The van der Waals surface area contributed by atoms with Crippen molar-refractivity contribution in [1.82, 2.24) is 24.3 Å². The number of rotatable bonds is 7. The molecule has 2 fully saturated rings. The first-order valence-corrected chi connectivity index (χ1v) is 14.0. The van der Waals surface area contributed by atoms with Crippen LogP contribution in [0.5, 0.6) is 0 Å². The Kier molecular flexibility index (Phi) is 11.1. The van der Waals surface area contributed by atoms with E-state index in [9.17, 15) is 19.2 Å². The fraction of sp³-hybridized carbons (Fsp3) is 0.536. The third kappa shape index (κ3) is 7.85. The SMILES string of the molecule is CCOC(=O)C(c1ccc(-n2ccc(NC(=O)N3CCN(C(=O)C(C)(C)N)CC3)nc2=O)cc1)N1CCC(N)CC1.Cl. The van der Waals surface area contributed by atoms with Gasteiger partial charge >= 0.3 is 17.7 Å². The van der Waals surface area contributed by atoms with Crippen molar-refractivity contribution in [2.24, 2.45) is 11.5 Å². The molecule has 13 nitrogen and oxygen atoms in total. The highest BCUT2D eigenvalue weighted by atomic mass is 35.5. The lowest BCUT2D eigenvalue weighted by molar-refractivity contribution is -0.150. The second-order valence-corrected chi connectivity index (χ2v) is 11.0. The van der Waals surface area contributed by atoms with Gasteiger partial charge in [-0.1, -0.05) is 12.1 Å². The van der Waals surface area contributed by atoms with Gasteiger partial charge in [-0.2, -0.15) is 4.98 Å². The molecule has 0 spiro atoms. The highest BCUT2D eigenvalue weighted by Gasteiger charge is 2.32. The van der Waals surface area contributed by atoms with E-state index in [0.29, 0.717) is 45.0 Å². The minimum atomic E-state index is -0.969. The lowest BCUT2D eigenvalue weighted by Gasteiger charge is -2.37. The smallest absolute Gasteiger partial charge is 0.354 e. The molecule has 1 unspecified atom stereocenters. The van der Waals surface area contributed by atoms with Gasteiger partial charge in [0, 0.05) is 51.5 Å². The third-order valence-electron chi connectivity index (χ3n) is 7.38. The van der Waals surface area contributed by atoms with E-state index in [1.54, 1.807) is 48.8 Å². The van der Waals surface area contributed by atoms with Gasteiger partial charge in [-0.3, -0.25) is 19.6 Å². The Balaban J connectivity index is 0.00000484. The topological polar surface area (TPSA) is 169 Å². The number of halogens is 1. The summed E-state index contributed by atoms with van der Waals surface area (Å²) in [5.41, 5.74) is 11.8. The van der Waals surface area contributed by atoms with Crippen molar-refractivity contribution in [1.29, 1.82) is 0 Å². The summed E-state index contributed by atoms with van der Waals surface area (Å²) in [4.78, 5) is 60.1. The van der Waals surface area contributed by atoms with Gasteiger partial charge in [0.2, 0.25) is 5.91 Å². The number of benzene rings is 1. The molecule has 1 aromatic carbocycles. The Bertz CT molecular complexity index is 1300. The molecule has 0 saturated carbocycles. The van der Waals surface area contributed by atoms with Crippen LogP contribution in [0, 0.1) is 0 Å². The van der Waals surface area contributed by atoms with Crippen LogP contribution in [0.4, 0.5) is 10.6 Å². The molecule has 1 aromatic heterocycles. The maximum Gasteiger partial charge on any atom is 0.354 e. The molecule has 3 heterocycles. The molecule has 3 amide bonds. The van der Waals surface area contributed by atoms with E-state index in [1.807, 2.05) is 12.1 Å². The van der Waals surface area contributed by atoms with Gasteiger partial charge in [-0.25, -0.2) is 14.4 Å². The van der Waals surface area contributed by atoms with Crippen LogP contribution in [0.1, 0.15) is 45.2 Å². The monoisotopic (exact) mass is 604 g/mol. The van der Waals surface area contributed by atoms with Gasteiger partial charge in [0.25, 0.3) is 0 Å². The number of piperazine rings is 1. The van der Waals surface area contributed by atoms with Gasteiger partial charge in [0.1, 0.15) is 11.9 Å². The van der Waals surface area contributed by atoms with Gasteiger partial charge in [0.15, 0.2) is 0 Å². The third-order valence-corrected chi connectivity index (χ3v) is 7.38. The van der Waals surface area contributed by atoms with Gasteiger partial charge in [0.05, 0.1) is 17.8 Å². The summed E-state index contributed by atoms with van der Waals surface area (Å²) in [7, 11) is 0. The number of urea groups is 1. The number of piperidine rings is 1. The van der Waals surface area contributed by atoms with Crippen LogP contribution in [0.3, 0.4) is 0 Å². The summed E-state index contributed by atoms with van der Waals surface area (Å²) in [6.07, 6.45) is 3.15. The van der Waals surface area contributed by atoms with Crippen molar-refractivity contribution in [3.8, 4) is 5.69 Å². The van der Waals surface area contributed by atoms with Crippen molar-refractivity contribution >= 4 is 36.1 Å². The maximum atomic E-state index is 12.8. The van der Waals surface area contributed by atoms with Gasteiger partial charge in [-0.05, 0) is 57.4 Å². The molecule has 2 aliphatic rings. The van der Waals surface area contributed by atoms with Crippen LogP contribution in [0.15, 0.2) is 41.3 Å². The number of esters is 1. The summed E-state index contributed by atoms with van der Waals surface area (Å²) in [6.45, 7) is 8.20. The first-order chi connectivity index (χ1) is 19.5. The zero-order valence-electron chi connectivity index (χ0n) is 24.3. The number of anilines is 1. The number of ether oxygens (including phenoxy) is 1. The number of likely N-dealkylation sites (tertiary alicyclic amines) is 1. The second-order valence-electron chi connectivity index (χ2n) is 11.0. The van der Waals surface area contributed by atoms with Crippen molar-refractivity contribution in [2.75, 3.05) is 51.2 Å². The Labute approximate surface area is 251 Å².